The van der Waals surface area contributed by atoms with Crippen LogP contribution in [0.2, 0.25) is 0 Å². The van der Waals surface area contributed by atoms with Gasteiger partial charge in [-0.1, -0.05) is 26.7 Å². The van der Waals surface area contributed by atoms with Crippen molar-refractivity contribution in [1.82, 2.24) is 5.32 Å². The third kappa shape index (κ3) is 3.42. The van der Waals surface area contributed by atoms with Crippen LogP contribution in [0.15, 0.2) is 16.6 Å². The molecular formula is C15H22BrNO2. The maximum atomic E-state index is 5.44. The summed E-state index contributed by atoms with van der Waals surface area (Å²) in [7, 11) is 0. The first kappa shape index (κ1) is 14.7. The smallest absolute Gasteiger partial charge is 0.231 e. The monoisotopic (exact) mass is 327 g/mol. The molecule has 0 aromatic heterocycles. The van der Waals surface area contributed by atoms with E-state index in [2.05, 4.69) is 54.2 Å². The fourth-order valence-electron chi connectivity index (χ4n) is 2.56. The first-order chi connectivity index (χ1) is 9.15. The van der Waals surface area contributed by atoms with Crippen LogP contribution in [0, 0.1) is 5.92 Å². The van der Waals surface area contributed by atoms with Crippen LogP contribution in [-0.4, -0.2) is 12.8 Å². The van der Waals surface area contributed by atoms with Crippen LogP contribution >= 0.6 is 15.9 Å². The van der Waals surface area contributed by atoms with Crippen molar-refractivity contribution in [2.45, 2.75) is 46.2 Å². The fraction of sp³-hybridized carbons (Fsp3) is 0.600. The Morgan fingerprint density at radius 2 is 2.00 bits per heavy atom. The zero-order valence-electron chi connectivity index (χ0n) is 11.8. The molecule has 0 amide bonds. The highest BCUT2D eigenvalue weighted by molar-refractivity contribution is 9.10. The van der Waals surface area contributed by atoms with Gasteiger partial charge in [0.25, 0.3) is 0 Å². The van der Waals surface area contributed by atoms with Gasteiger partial charge in [-0.05, 0) is 46.5 Å². The third-order valence-electron chi connectivity index (χ3n) is 3.87. The van der Waals surface area contributed by atoms with Gasteiger partial charge in [0.15, 0.2) is 11.5 Å². The second kappa shape index (κ2) is 6.62. The number of benzene rings is 1. The predicted molar refractivity (Wildman–Crippen MR) is 80.6 cm³/mol. The molecule has 0 saturated heterocycles. The summed E-state index contributed by atoms with van der Waals surface area (Å²) in [6, 6.07) is 4.68. The van der Waals surface area contributed by atoms with Crippen LogP contribution in [-0.2, 0) is 6.54 Å². The van der Waals surface area contributed by atoms with E-state index in [-0.39, 0.29) is 0 Å². The lowest BCUT2D eigenvalue weighted by Crippen LogP contribution is -2.32. The normalized spacial score (nSPS) is 15.0. The van der Waals surface area contributed by atoms with Crippen LogP contribution in [0.4, 0.5) is 0 Å². The second-order valence-electron chi connectivity index (χ2n) is 5.06. The summed E-state index contributed by atoms with van der Waals surface area (Å²) >= 11 is 3.53. The Bertz CT molecular complexity index is 432. The Morgan fingerprint density at radius 3 is 2.68 bits per heavy atom. The quantitative estimate of drug-likeness (QED) is 0.853. The molecule has 0 saturated carbocycles. The van der Waals surface area contributed by atoms with Crippen molar-refractivity contribution in [2.24, 2.45) is 5.92 Å². The predicted octanol–water partition coefficient (Wildman–Crippen LogP) is 4.09. The van der Waals surface area contributed by atoms with Gasteiger partial charge in [0.1, 0.15) is 0 Å². The number of fused-ring (bicyclic) bond motifs is 1. The first-order valence-corrected chi connectivity index (χ1v) is 7.76. The maximum Gasteiger partial charge on any atom is 0.231 e. The number of hydrogen-bond donors (Lipinski definition) is 1. The molecular weight excluding hydrogens is 306 g/mol. The van der Waals surface area contributed by atoms with Gasteiger partial charge in [0, 0.05) is 12.6 Å². The van der Waals surface area contributed by atoms with Crippen molar-refractivity contribution >= 4 is 15.9 Å². The molecule has 19 heavy (non-hydrogen) atoms. The minimum absolute atomic E-state index is 0.314. The van der Waals surface area contributed by atoms with Crippen molar-refractivity contribution in [2.75, 3.05) is 6.79 Å². The van der Waals surface area contributed by atoms with E-state index >= 15 is 0 Å². The summed E-state index contributed by atoms with van der Waals surface area (Å²) in [5.74, 6) is 2.38. The maximum absolute atomic E-state index is 5.44. The van der Waals surface area contributed by atoms with Crippen LogP contribution in [0.25, 0.3) is 0 Å². The zero-order valence-corrected chi connectivity index (χ0v) is 13.4. The molecule has 3 nitrogen and oxygen atoms in total. The van der Waals surface area contributed by atoms with Crippen molar-refractivity contribution in [3.63, 3.8) is 0 Å². The van der Waals surface area contributed by atoms with Crippen molar-refractivity contribution in [3.8, 4) is 11.5 Å². The average molecular weight is 328 g/mol. The lowest BCUT2D eigenvalue weighted by atomic mass is 9.95. The molecule has 1 aromatic carbocycles. The van der Waals surface area contributed by atoms with Gasteiger partial charge in [-0.2, -0.15) is 0 Å². The van der Waals surface area contributed by atoms with Crippen molar-refractivity contribution < 1.29 is 9.47 Å². The number of halogens is 1. The van der Waals surface area contributed by atoms with E-state index in [1.54, 1.807) is 0 Å². The number of rotatable bonds is 6. The largest absolute Gasteiger partial charge is 0.454 e. The van der Waals surface area contributed by atoms with Crippen LogP contribution < -0.4 is 14.8 Å². The molecule has 1 heterocycles. The molecule has 1 atom stereocenters. The highest BCUT2D eigenvalue weighted by Crippen LogP contribution is 2.39. The summed E-state index contributed by atoms with van der Waals surface area (Å²) in [6.45, 7) is 7.94. The van der Waals surface area contributed by atoms with Gasteiger partial charge in [0.05, 0.1) is 4.47 Å². The van der Waals surface area contributed by atoms with E-state index in [4.69, 9.17) is 9.47 Å². The molecule has 4 heteroatoms. The average Bonchev–Trinajstić information content (AvgIpc) is 2.86. The SMILES string of the molecule is CCC(CC)C(C)NCc1cc(Br)c2c(c1)OCO2. The Hall–Kier alpha value is -0.740. The minimum Gasteiger partial charge on any atom is -0.454 e. The molecule has 0 spiro atoms. The highest BCUT2D eigenvalue weighted by atomic mass is 79.9. The minimum atomic E-state index is 0.314. The molecule has 1 unspecified atom stereocenters. The van der Waals surface area contributed by atoms with E-state index < -0.39 is 0 Å². The highest BCUT2D eigenvalue weighted by Gasteiger charge is 2.18. The molecule has 0 bridgehead atoms. The topological polar surface area (TPSA) is 30.5 Å². The molecule has 2 rings (SSSR count). The van der Waals surface area contributed by atoms with Crippen molar-refractivity contribution in [1.29, 1.82) is 0 Å². The van der Waals surface area contributed by atoms with E-state index in [0.717, 1.165) is 28.4 Å². The van der Waals surface area contributed by atoms with Gasteiger partial charge < -0.3 is 14.8 Å². The van der Waals surface area contributed by atoms with Gasteiger partial charge in [-0.15, -0.1) is 0 Å². The Balaban J connectivity index is 1.98. The first-order valence-electron chi connectivity index (χ1n) is 6.97. The summed E-state index contributed by atoms with van der Waals surface area (Å²) in [6.07, 6.45) is 2.44. The van der Waals surface area contributed by atoms with Gasteiger partial charge in [0.2, 0.25) is 6.79 Å². The Labute approximate surface area is 123 Å². The summed E-state index contributed by atoms with van der Waals surface area (Å²) in [5.41, 5.74) is 1.22. The lowest BCUT2D eigenvalue weighted by molar-refractivity contribution is 0.173. The standard InChI is InChI=1S/C15H22BrNO2/c1-4-12(5-2)10(3)17-8-11-6-13(16)15-14(7-11)18-9-19-15/h6-7,10,12,17H,4-5,8-9H2,1-3H3. The summed E-state index contributed by atoms with van der Waals surface area (Å²) < 4.78 is 11.8. The van der Waals surface area contributed by atoms with E-state index in [0.29, 0.717) is 12.8 Å². The summed E-state index contributed by atoms with van der Waals surface area (Å²) in [4.78, 5) is 0. The van der Waals surface area contributed by atoms with E-state index in [1.165, 1.54) is 18.4 Å². The second-order valence-corrected chi connectivity index (χ2v) is 5.91. The molecule has 1 N–H and O–H groups in total. The van der Waals surface area contributed by atoms with Crippen LogP contribution in [0.5, 0.6) is 11.5 Å². The van der Waals surface area contributed by atoms with E-state index in [9.17, 15) is 0 Å². The van der Waals surface area contributed by atoms with Crippen LogP contribution in [0.1, 0.15) is 39.2 Å². The van der Waals surface area contributed by atoms with Gasteiger partial charge in [-0.3, -0.25) is 0 Å². The molecule has 0 radical (unpaired) electrons. The Kier molecular flexibility index (Phi) is 5.11. The van der Waals surface area contributed by atoms with Crippen LogP contribution in [0.3, 0.4) is 0 Å². The molecule has 1 aromatic rings. The molecule has 106 valence electrons. The number of nitrogens with one attached hydrogen (secondary N) is 1. The molecule has 1 aliphatic heterocycles. The van der Waals surface area contributed by atoms with Crippen molar-refractivity contribution in [3.05, 3.63) is 22.2 Å². The lowest BCUT2D eigenvalue weighted by Gasteiger charge is -2.22. The summed E-state index contributed by atoms with van der Waals surface area (Å²) in [5, 5.41) is 3.60. The molecule has 0 aliphatic carbocycles. The van der Waals surface area contributed by atoms with Gasteiger partial charge >= 0.3 is 0 Å². The molecule has 0 fully saturated rings. The molecule has 1 aliphatic rings. The number of hydrogen-bond acceptors (Lipinski definition) is 3. The van der Waals surface area contributed by atoms with Gasteiger partial charge in [-0.25, -0.2) is 0 Å². The number of ether oxygens (including phenoxy) is 2. The zero-order chi connectivity index (χ0) is 13.8. The van der Waals surface area contributed by atoms with E-state index in [1.807, 2.05) is 0 Å². The third-order valence-corrected chi connectivity index (χ3v) is 4.46. The Morgan fingerprint density at radius 1 is 1.26 bits per heavy atom. The fourth-order valence-corrected chi connectivity index (χ4v) is 3.17.